The molecule has 8 heteroatoms. The van der Waals surface area contributed by atoms with Crippen molar-refractivity contribution >= 4 is 34.2 Å². The van der Waals surface area contributed by atoms with Crippen molar-refractivity contribution in [1.82, 2.24) is 4.57 Å². The molecule has 1 aliphatic heterocycles. The summed E-state index contributed by atoms with van der Waals surface area (Å²) in [5, 5.41) is 9.41. The van der Waals surface area contributed by atoms with Crippen molar-refractivity contribution in [2.45, 2.75) is 37.9 Å². The number of nitrogens with zero attached hydrogens (tertiary/aromatic N) is 2. The van der Waals surface area contributed by atoms with Gasteiger partial charge in [-0.2, -0.15) is 0 Å². The number of halogens is 2. The predicted octanol–water partition coefficient (Wildman–Crippen LogP) is 2.36. The van der Waals surface area contributed by atoms with Crippen molar-refractivity contribution in [3.05, 3.63) is 38.9 Å². The van der Waals surface area contributed by atoms with Gasteiger partial charge in [0.05, 0.1) is 21.6 Å². The Bertz CT molecular complexity index is 970. The van der Waals surface area contributed by atoms with Crippen molar-refractivity contribution in [2.75, 3.05) is 11.4 Å². The number of nitrogens with two attached hydrogens (primary N) is 1. The second kappa shape index (κ2) is 5.44. The summed E-state index contributed by atoms with van der Waals surface area (Å²) in [5.41, 5.74) is 5.42. The minimum absolute atomic E-state index is 0.00414. The summed E-state index contributed by atoms with van der Waals surface area (Å²) < 4.78 is 16.5. The van der Waals surface area contributed by atoms with Crippen LogP contribution < -0.4 is 16.1 Å². The summed E-state index contributed by atoms with van der Waals surface area (Å²) >= 11 is 6.52. The van der Waals surface area contributed by atoms with Crippen LogP contribution in [0.1, 0.15) is 36.2 Å². The van der Waals surface area contributed by atoms with Gasteiger partial charge in [-0.3, -0.25) is 4.79 Å². The summed E-state index contributed by atoms with van der Waals surface area (Å²) in [7, 11) is 0. The molecule has 1 aromatic heterocycles. The molecular weight excluding hydrogens is 349 g/mol. The van der Waals surface area contributed by atoms with Crippen molar-refractivity contribution < 1.29 is 14.3 Å². The van der Waals surface area contributed by atoms with Gasteiger partial charge in [0.2, 0.25) is 5.43 Å². The molecule has 25 heavy (non-hydrogen) atoms. The van der Waals surface area contributed by atoms with Gasteiger partial charge >= 0.3 is 5.97 Å². The molecule has 0 spiro atoms. The molecule has 0 amide bonds. The number of aromatic carboxylic acids is 1. The third kappa shape index (κ3) is 2.33. The van der Waals surface area contributed by atoms with Crippen LogP contribution in [-0.2, 0) is 0 Å². The van der Waals surface area contributed by atoms with Gasteiger partial charge < -0.3 is 20.3 Å². The molecule has 0 unspecified atom stereocenters. The van der Waals surface area contributed by atoms with Crippen molar-refractivity contribution in [1.29, 1.82) is 0 Å². The maximum atomic E-state index is 14.8. The average Bonchev–Trinajstić information content (AvgIpc) is 3.39. The molecule has 2 atom stereocenters. The number of rotatable bonds is 3. The molecule has 132 valence electrons. The Balaban J connectivity index is 2.03. The topological polar surface area (TPSA) is 88.6 Å². The molecular formula is C17H17ClFN3O3. The van der Waals surface area contributed by atoms with Gasteiger partial charge in [0, 0.05) is 30.9 Å². The molecule has 3 N–H and O–H groups in total. The van der Waals surface area contributed by atoms with Crippen LogP contribution in [0, 0.1) is 5.82 Å². The highest BCUT2D eigenvalue weighted by Crippen LogP contribution is 2.43. The Morgan fingerprint density at radius 2 is 2.12 bits per heavy atom. The van der Waals surface area contributed by atoms with Gasteiger partial charge in [-0.15, -0.1) is 0 Å². The van der Waals surface area contributed by atoms with Crippen LogP contribution in [0.5, 0.6) is 0 Å². The number of carbonyl (C=O) groups is 1. The summed E-state index contributed by atoms with van der Waals surface area (Å²) in [6, 6.07) is 1.05. The number of anilines is 1. The lowest BCUT2D eigenvalue weighted by molar-refractivity contribution is 0.0695. The second-order valence-corrected chi connectivity index (χ2v) is 7.17. The summed E-state index contributed by atoms with van der Waals surface area (Å²) in [6.45, 7) is 2.36. The number of aromatic nitrogens is 1. The van der Waals surface area contributed by atoms with Crippen molar-refractivity contribution in [3.63, 3.8) is 0 Å². The summed E-state index contributed by atoms with van der Waals surface area (Å²) in [5.74, 6) is -1.97. The van der Waals surface area contributed by atoms with Crippen LogP contribution in [-0.4, -0.2) is 34.3 Å². The van der Waals surface area contributed by atoms with E-state index < -0.39 is 17.2 Å². The zero-order chi connectivity index (χ0) is 18.0. The second-order valence-electron chi connectivity index (χ2n) is 6.79. The minimum Gasteiger partial charge on any atom is -0.477 e. The monoisotopic (exact) mass is 365 g/mol. The molecule has 4 rings (SSSR count). The summed E-state index contributed by atoms with van der Waals surface area (Å²) in [4.78, 5) is 25.6. The number of pyridine rings is 1. The van der Waals surface area contributed by atoms with E-state index in [0.29, 0.717) is 12.1 Å². The fraction of sp³-hybridized carbons (Fsp3) is 0.412. The number of fused-ring (bicyclic) bond motifs is 1. The average molecular weight is 366 g/mol. The third-order valence-electron chi connectivity index (χ3n) is 5.16. The Labute approximate surface area is 147 Å². The highest BCUT2D eigenvalue weighted by atomic mass is 35.5. The van der Waals surface area contributed by atoms with Gasteiger partial charge in [-0.25, -0.2) is 9.18 Å². The van der Waals surface area contributed by atoms with Gasteiger partial charge in [0.15, 0.2) is 0 Å². The van der Waals surface area contributed by atoms with E-state index in [9.17, 15) is 19.1 Å². The molecule has 2 aromatic rings. The number of benzene rings is 1. The molecule has 2 aliphatic rings. The Morgan fingerprint density at radius 3 is 2.64 bits per heavy atom. The van der Waals surface area contributed by atoms with E-state index in [4.69, 9.17) is 17.3 Å². The molecule has 1 saturated heterocycles. The number of hydrogen-bond acceptors (Lipinski definition) is 4. The fourth-order valence-electron chi connectivity index (χ4n) is 3.42. The van der Waals surface area contributed by atoms with Crippen molar-refractivity contribution in [3.8, 4) is 0 Å². The highest BCUT2D eigenvalue weighted by Gasteiger charge is 2.37. The lowest BCUT2D eigenvalue weighted by Gasteiger charge is -2.46. The van der Waals surface area contributed by atoms with E-state index in [1.165, 1.54) is 6.20 Å². The molecule has 6 nitrogen and oxygen atoms in total. The molecule has 1 aromatic carbocycles. The van der Waals surface area contributed by atoms with Crippen LogP contribution in [0.15, 0.2) is 17.1 Å². The largest absolute Gasteiger partial charge is 0.477 e. The van der Waals surface area contributed by atoms with Crippen LogP contribution in [0.3, 0.4) is 0 Å². The number of hydrogen-bond donors (Lipinski definition) is 2. The first-order chi connectivity index (χ1) is 11.8. The van der Waals surface area contributed by atoms with E-state index in [-0.39, 0.29) is 39.8 Å². The number of carboxylic acids is 1. The first-order valence-corrected chi connectivity index (χ1v) is 8.51. The molecule has 0 radical (unpaired) electrons. The van der Waals surface area contributed by atoms with E-state index in [1.807, 2.05) is 6.92 Å². The molecule has 2 fully saturated rings. The standard InChI is InChI=1S/C17H17ClFN3O3/c1-7-12(20)6-21(7)15-11(19)4-9-14(13(15)18)22(8-2-3-8)5-10(16(9)23)17(24)25/h4-5,7-8,12H,2-3,6,20H2,1H3,(H,24,25)/t7-,12+/m0/s1. The minimum atomic E-state index is -1.33. The van der Waals surface area contributed by atoms with E-state index in [1.54, 1.807) is 9.47 Å². The third-order valence-corrected chi connectivity index (χ3v) is 5.52. The lowest BCUT2D eigenvalue weighted by Crippen LogP contribution is -2.63. The van der Waals surface area contributed by atoms with E-state index >= 15 is 0 Å². The Kier molecular flexibility index (Phi) is 3.56. The van der Waals surface area contributed by atoms with Crippen LogP contribution in [0.2, 0.25) is 5.02 Å². The van der Waals surface area contributed by atoms with Crippen LogP contribution in [0.25, 0.3) is 10.9 Å². The lowest BCUT2D eigenvalue weighted by atomic mass is 9.97. The summed E-state index contributed by atoms with van der Waals surface area (Å²) in [6.07, 6.45) is 3.06. The maximum absolute atomic E-state index is 14.8. The van der Waals surface area contributed by atoms with E-state index in [2.05, 4.69) is 0 Å². The first kappa shape index (κ1) is 16.4. The predicted molar refractivity (Wildman–Crippen MR) is 93.2 cm³/mol. The van der Waals surface area contributed by atoms with Crippen molar-refractivity contribution in [2.24, 2.45) is 5.73 Å². The number of carboxylic acid groups (broad SMARTS) is 1. The Morgan fingerprint density at radius 1 is 1.44 bits per heavy atom. The molecule has 2 heterocycles. The van der Waals surface area contributed by atoms with Gasteiger partial charge in [-0.05, 0) is 25.8 Å². The van der Waals surface area contributed by atoms with Crippen LogP contribution in [0.4, 0.5) is 10.1 Å². The van der Waals surface area contributed by atoms with Gasteiger partial charge in [-0.1, -0.05) is 11.6 Å². The van der Waals surface area contributed by atoms with Crippen LogP contribution >= 0.6 is 11.6 Å². The SMILES string of the molecule is C[C@H]1[C@H](N)CN1c1c(F)cc2c(=O)c(C(=O)O)cn(C3CC3)c2c1Cl. The molecule has 0 bridgehead atoms. The molecule has 1 aliphatic carbocycles. The Hall–Kier alpha value is -2.12. The first-order valence-electron chi connectivity index (χ1n) is 8.13. The maximum Gasteiger partial charge on any atom is 0.341 e. The van der Waals surface area contributed by atoms with Gasteiger partial charge in [0.1, 0.15) is 11.4 Å². The quantitative estimate of drug-likeness (QED) is 0.871. The fourth-order valence-corrected chi connectivity index (χ4v) is 3.82. The smallest absolute Gasteiger partial charge is 0.341 e. The van der Waals surface area contributed by atoms with Gasteiger partial charge in [0.25, 0.3) is 0 Å². The zero-order valence-corrected chi connectivity index (χ0v) is 14.3. The highest BCUT2D eigenvalue weighted by molar-refractivity contribution is 6.38. The normalized spacial score (nSPS) is 23.0. The molecule has 1 saturated carbocycles. The van der Waals surface area contributed by atoms with E-state index in [0.717, 1.165) is 18.9 Å². The zero-order valence-electron chi connectivity index (χ0n) is 13.5.